The Morgan fingerprint density at radius 3 is 2.15 bits per heavy atom. The van der Waals surface area contributed by atoms with Crippen molar-refractivity contribution < 1.29 is 33.8 Å². The highest BCUT2D eigenvalue weighted by Crippen LogP contribution is 2.30. The van der Waals surface area contributed by atoms with E-state index in [4.69, 9.17) is 5.11 Å². The van der Waals surface area contributed by atoms with Crippen LogP contribution in [0.5, 0.6) is 0 Å². The molecular formula is C11H17NO7S. The van der Waals surface area contributed by atoms with Gasteiger partial charge in [-0.1, -0.05) is 0 Å². The lowest BCUT2D eigenvalue weighted by molar-refractivity contribution is -0.148. The molecule has 0 unspecified atom stereocenters. The van der Waals surface area contributed by atoms with Crippen LogP contribution in [0.25, 0.3) is 0 Å². The lowest BCUT2D eigenvalue weighted by atomic mass is 10.0. The monoisotopic (exact) mass is 307 g/mol. The van der Waals surface area contributed by atoms with Gasteiger partial charge in [0.15, 0.2) is 0 Å². The van der Waals surface area contributed by atoms with Crippen LogP contribution >= 0.6 is 11.8 Å². The molecule has 1 amide bonds. The van der Waals surface area contributed by atoms with Crippen molar-refractivity contribution in [1.29, 1.82) is 0 Å². The van der Waals surface area contributed by atoms with Crippen LogP contribution in [-0.2, 0) is 23.9 Å². The molecule has 0 aliphatic rings. The van der Waals surface area contributed by atoms with Crippen LogP contribution in [0.2, 0.25) is 0 Å². The number of carboxylic acid groups (broad SMARTS) is 1. The molecule has 0 saturated heterocycles. The van der Waals surface area contributed by atoms with Gasteiger partial charge in [0.25, 0.3) is 0 Å². The quantitative estimate of drug-likeness (QED) is 0.545. The Labute approximate surface area is 120 Å². The minimum Gasteiger partial charge on any atom is -0.480 e. The first-order valence-electron chi connectivity index (χ1n) is 5.55. The van der Waals surface area contributed by atoms with Gasteiger partial charge in [-0.25, -0.2) is 9.59 Å². The van der Waals surface area contributed by atoms with Gasteiger partial charge in [0.05, 0.1) is 4.75 Å². The Balaban J connectivity index is 4.59. The van der Waals surface area contributed by atoms with E-state index in [1.54, 1.807) is 0 Å². The molecule has 2 N–H and O–H groups in total. The van der Waals surface area contributed by atoms with Crippen LogP contribution in [0, 0.1) is 0 Å². The lowest BCUT2D eigenvalue weighted by Crippen LogP contribution is -2.52. The van der Waals surface area contributed by atoms with Crippen molar-refractivity contribution in [3.63, 3.8) is 0 Å². The number of amides is 1. The maximum absolute atomic E-state index is 11.5. The highest BCUT2D eigenvalue weighted by atomic mass is 32.2. The van der Waals surface area contributed by atoms with E-state index in [0.29, 0.717) is 11.8 Å². The minimum absolute atomic E-state index is 0.528. The summed E-state index contributed by atoms with van der Waals surface area (Å²) in [5.41, 5.74) is 0. The molecule has 0 bridgehead atoms. The molecule has 20 heavy (non-hydrogen) atoms. The molecule has 0 heterocycles. The van der Waals surface area contributed by atoms with E-state index in [9.17, 15) is 19.2 Å². The molecule has 0 aliphatic heterocycles. The third-order valence-corrected chi connectivity index (χ3v) is 3.12. The number of aliphatic carboxylic acids is 1. The second-order valence-corrected chi connectivity index (χ2v) is 5.92. The SMILES string of the molecule is CC(=O)N[C@@H](C(=O)O)C(C)(C)SC(=O)OCOC(C)=O. The molecule has 0 aromatic rings. The second-order valence-electron chi connectivity index (χ2n) is 4.33. The zero-order valence-electron chi connectivity index (χ0n) is 11.6. The van der Waals surface area contributed by atoms with E-state index in [1.165, 1.54) is 20.8 Å². The van der Waals surface area contributed by atoms with Crippen molar-refractivity contribution in [3.05, 3.63) is 0 Å². The van der Waals surface area contributed by atoms with Gasteiger partial charge < -0.3 is 19.9 Å². The fourth-order valence-corrected chi connectivity index (χ4v) is 2.01. The molecule has 0 radical (unpaired) electrons. The van der Waals surface area contributed by atoms with E-state index in [2.05, 4.69) is 14.8 Å². The first kappa shape index (κ1) is 18.2. The smallest absolute Gasteiger partial charge is 0.370 e. The summed E-state index contributed by atoms with van der Waals surface area (Å²) in [5.74, 6) is -2.41. The van der Waals surface area contributed by atoms with Crippen LogP contribution in [0.3, 0.4) is 0 Å². The topological polar surface area (TPSA) is 119 Å². The molecule has 114 valence electrons. The second kappa shape index (κ2) is 7.73. The van der Waals surface area contributed by atoms with Crippen molar-refractivity contribution in [3.8, 4) is 0 Å². The van der Waals surface area contributed by atoms with Crippen LogP contribution in [0.15, 0.2) is 0 Å². The molecular weight excluding hydrogens is 290 g/mol. The number of hydrogen-bond donors (Lipinski definition) is 2. The zero-order chi connectivity index (χ0) is 15.9. The standard InChI is InChI=1S/C11H17NO7S/c1-6(13)12-8(9(15)16)11(3,4)20-10(17)19-5-18-7(2)14/h8H,5H2,1-4H3,(H,12,13)(H,15,16)/t8-/m0/s1. The van der Waals surface area contributed by atoms with E-state index >= 15 is 0 Å². The maximum atomic E-state index is 11.5. The zero-order valence-corrected chi connectivity index (χ0v) is 12.4. The van der Waals surface area contributed by atoms with Crippen LogP contribution in [0.4, 0.5) is 4.79 Å². The fourth-order valence-electron chi connectivity index (χ4n) is 1.20. The van der Waals surface area contributed by atoms with Crippen molar-refractivity contribution in [2.24, 2.45) is 0 Å². The first-order chi connectivity index (χ1) is 9.06. The summed E-state index contributed by atoms with van der Waals surface area (Å²) in [6.07, 6.45) is 0. The van der Waals surface area contributed by atoms with Crippen LogP contribution in [-0.4, -0.2) is 45.8 Å². The normalized spacial score (nSPS) is 12.2. The van der Waals surface area contributed by atoms with Crippen LogP contribution < -0.4 is 5.32 Å². The lowest BCUT2D eigenvalue weighted by Gasteiger charge is -2.29. The number of nitrogens with one attached hydrogen (secondary N) is 1. The number of carbonyl (C=O) groups excluding carboxylic acids is 3. The summed E-state index contributed by atoms with van der Waals surface area (Å²) in [6.45, 7) is 4.73. The van der Waals surface area contributed by atoms with E-state index in [-0.39, 0.29) is 0 Å². The molecule has 0 fully saturated rings. The third kappa shape index (κ3) is 6.98. The van der Waals surface area contributed by atoms with Gasteiger partial charge in [0, 0.05) is 13.8 Å². The molecule has 9 heteroatoms. The average Bonchev–Trinajstić information content (AvgIpc) is 2.23. The van der Waals surface area contributed by atoms with E-state index in [1.807, 2.05) is 0 Å². The van der Waals surface area contributed by atoms with E-state index < -0.39 is 40.7 Å². The highest BCUT2D eigenvalue weighted by molar-refractivity contribution is 8.14. The van der Waals surface area contributed by atoms with Gasteiger partial charge in [-0.2, -0.15) is 0 Å². The number of esters is 1. The number of hydrogen-bond acceptors (Lipinski definition) is 7. The van der Waals surface area contributed by atoms with Gasteiger partial charge in [-0.3, -0.25) is 9.59 Å². The molecule has 0 aromatic carbocycles. The third-order valence-electron chi connectivity index (χ3n) is 2.08. The van der Waals surface area contributed by atoms with Crippen molar-refractivity contribution in [2.75, 3.05) is 6.79 Å². The van der Waals surface area contributed by atoms with Gasteiger partial charge in [-0.15, -0.1) is 0 Å². The summed E-state index contributed by atoms with van der Waals surface area (Å²) >= 11 is 0.584. The Kier molecular flexibility index (Phi) is 7.05. The number of carboxylic acids is 1. The van der Waals surface area contributed by atoms with Gasteiger partial charge >= 0.3 is 17.2 Å². The van der Waals surface area contributed by atoms with Crippen molar-refractivity contribution >= 4 is 34.9 Å². The average molecular weight is 307 g/mol. The summed E-state index contributed by atoms with van der Waals surface area (Å²) < 4.78 is 7.87. The van der Waals surface area contributed by atoms with Crippen molar-refractivity contribution in [2.45, 2.75) is 38.5 Å². The summed E-state index contributed by atoms with van der Waals surface area (Å²) in [5, 5.41) is 10.5. The maximum Gasteiger partial charge on any atom is 0.370 e. The Hall–Kier alpha value is -1.77. The fraction of sp³-hybridized carbons (Fsp3) is 0.636. The minimum atomic E-state index is -1.27. The Morgan fingerprint density at radius 2 is 1.75 bits per heavy atom. The van der Waals surface area contributed by atoms with Gasteiger partial charge in [0.1, 0.15) is 6.04 Å². The van der Waals surface area contributed by atoms with E-state index in [0.717, 1.165) is 6.92 Å². The largest absolute Gasteiger partial charge is 0.480 e. The highest BCUT2D eigenvalue weighted by Gasteiger charge is 2.39. The summed E-state index contributed by atoms with van der Waals surface area (Å²) in [6, 6.07) is -1.27. The molecule has 1 atom stereocenters. The summed E-state index contributed by atoms with van der Waals surface area (Å²) in [4.78, 5) is 44.1. The number of rotatable bonds is 6. The number of carbonyl (C=O) groups is 4. The van der Waals surface area contributed by atoms with Gasteiger partial charge in [-0.05, 0) is 25.6 Å². The molecule has 0 saturated carbocycles. The molecule has 0 rings (SSSR count). The number of ether oxygens (including phenoxy) is 2. The van der Waals surface area contributed by atoms with Crippen molar-refractivity contribution in [1.82, 2.24) is 5.32 Å². The van der Waals surface area contributed by atoms with Crippen LogP contribution in [0.1, 0.15) is 27.7 Å². The molecule has 0 aliphatic carbocycles. The predicted molar refractivity (Wildman–Crippen MR) is 70.0 cm³/mol. The molecule has 8 nitrogen and oxygen atoms in total. The Bertz CT molecular complexity index is 408. The number of thioether (sulfide) groups is 1. The Morgan fingerprint density at radius 1 is 1.20 bits per heavy atom. The predicted octanol–water partition coefficient (Wildman–Crippen LogP) is 0.745. The summed E-state index contributed by atoms with van der Waals surface area (Å²) in [7, 11) is 0. The molecule has 0 spiro atoms. The first-order valence-corrected chi connectivity index (χ1v) is 6.37. The van der Waals surface area contributed by atoms with Gasteiger partial charge in [0.2, 0.25) is 12.7 Å². The molecule has 0 aromatic heterocycles.